The van der Waals surface area contributed by atoms with Crippen LogP contribution in [0.1, 0.15) is 11.1 Å². The highest BCUT2D eigenvalue weighted by Crippen LogP contribution is 2.28. The van der Waals surface area contributed by atoms with Crippen LogP contribution in [0.5, 0.6) is 17.2 Å². The van der Waals surface area contributed by atoms with Gasteiger partial charge in [0.25, 0.3) is 0 Å². The number of hydrogen-bond donors (Lipinski definition) is 1. The molecular formula is C23H22N2O3. The van der Waals surface area contributed by atoms with Crippen LogP contribution < -0.4 is 19.6 Å². The lowest BCUT2D eigenvalue weighted by Crippen LogP contribution is -2.07. The van der Waals surface area contributed by atoms with E-state index in [2.05, 4.69) is 22.5 Å². The largest absolute Gasteiger partial charge is 0.493 e. The molecule has 0 amide bonds. The maximum Gasteiger partial charge on any atom is 0.161 e. The number of methoxy groups -OCH3 is 2. The van der Waals surface area contributed by atoms with Gasteiger partial charge in [0.1, 0.15) is 12.4 Å². The maximum atomic E-state index is 5.68. The summed E-state index contributed by atoms with van der Waals surface area (Å²) in [5, 5.41) is 6.53. The lowest BCUT2D eigenvalue weighted by Gasteiger charge is -2.10. The van der Waals surface area contributed by atoms with Crippen molar-refractivity contribution >= 4 is 17.0 Å². The van der Waals surface area contributed by atoms with Gasteiger partial charge in [-0.05, 0) is 34.5 Å². The van der Waals surface area contributed by atoms with E-state index in [0.717, 1.165) is 21.9 Å². The Hall–Kier alpha value is -3.65. The number of nitrogens with zero attached hydrogens (tertiary/aromatic N) is 1. The monoisotopic (exact) mass is 374 g/mol. The highest BCUT2D eigenvalue weighted by molar-refractivity contribution is 6.02. The molecule has 0 aromatic heterocycles. The highest BCUT2D eigenvalue weighted by Gasteiger charge is 2.07. The van der Waals surface area contributed by atoms with Crippen molar-refractivity contribution in [1.29, 1.82) is 0 Å². The molecule has 5 heteroatoms. The molecule has 0 spiro atoms. The summed E-state index contributed by atoms with van der Waals surface area (Å²) in [5.41, 5.74) is 4.97. The first-order valence-corrected chi connectivity index (χ1v) is 8.81. The predicted molar refractivity (Wildman–Crippen MR) is 112 cm³/mol. The molecule has 3 rings (SSSR count). The van der Waals surface area contributed by atoms with Gasteiger partial charge in [-0.25, -0.2) is 0 Å². The second-order valence-corrected chi connectivity index (χ2v) is 5.97. The summed E-state index contributed by atoms with van der Waals surface area (Å²) in [5.74, 6) is 4.58. The first kappa shape index (κ1) is 19.1. The quantitative estimate of drug-likeness (QED) is 0.368. The predicted octanol–water partition coefficient (Wildman–Crippen LogP) is 3.99. The standard InChI is InChI=1S/C23H22N2O3/c1-4-13-28-21-12-10-18-7-5-6-8-19(18)20(21)16-25-24-15-17-9-11-22(26-2)23(14-17)27-3/h1,5-12,14,16,24H,13,15H2,2-3H3/b25-16+. The van der Waals surface area contributed by atoms with E-state index in [1.165, 1.54) is 0 Å². The Morgan fingerprint density at radius 1 is 1.00 bits per heavy atom. The van der Waals surface area contributed by atoms with E-state index in [1.54, 1.807) is 20.4 Å². The molecule has 0 atom stereocenters. The van der Waals surface area contributed by atoms with Crippen LogP contribution >= 0.6 is 0 Å². The van der Waals surface area contributed by atoms with Gasteiger partial charge in [-0.1, -0.05) is 42.3 Å². The third-order valence-electron chi connectivity index (χ3n) is 4.26. The topological polar surface area (TPSA) is 52.1 Å². The van der Waals surface area contributed by atoms with Crippen LogP contribution in [0.3, 0.4) is 0 Å². The van der Waals surface area contributed by atoms with Crippen molar-refractivity contribution in [3.05, 3.63) is 65.7 Å². The molecule has 28 heavy (non-hydrogen) atoms. The van der Waals surface area contributed by atoms with Crippen LogP contribution in [-0.4, -0.2) is 27.0 Å². The summed E-state index contributed by atoms with van der Waals surface area (Å²) in [6.07, 6.45) is 7.09. The summed E-state index contributed by atoms with van der Waals surface area (Å²) in [6.45, 7) is 0.750. The molecule has 0 saturated heterocycles. The van der Waals surface area contributed by atoms with E-state index < -0.39 is 0 Å². The molecule has 0 unspecified atom stereocenters. The molecule has 0 aliphatic rings. The number of rotatable bonds is 8. The van der Waals surface area contributed by atoms with Crippen LogP contribution in [0.4, 0.5) is 0 Å². The first-order valence-electron chi connectivity index (χ1n) is 8.81. The van der Waals surface area contributed by atoms with Crippen molar-refractivity contribution in [1.82, 2.24) is 5.43 Å². The van der Waals surface area contributed by atoms with Gasteiger partial charge in [0.2, 0.25) is 0 Å². The average Bonchev–Trinajstić information content (AvgIpc) is 2.75. The molecule has 142 valence electrons. The fraction of sp³-hybridized carbons (Fsp3) is 0.174. The fourth-order valence-corrected chi connectivity index (χ4v) is 2.89. The van der Waals surface area contributed by atoms with Gasteiger partial charge in [0, 0.05) is 5.56 Å². The number of hydrazone groups is 1. The van der Waals surface area contributed by atoms with Crippen LogP contribution in [-0.2, 0) is 6.54 Å². The van der Waals surface area contributed by atoms with Gasteiger partial charge in [-0.3, -0.25) is 0 Å². The summed E-state index contributed by atoms with van der Waals surface area (Å²) < 4.78 is 16.3. The summed E-state index contributed by atoms with van der Waals surface area (Å²) in [4.78, 5) is 0. The maximum absolute atomic E-state index is 5.68. The molecule has 0 radical (unpaired) electrons. The minimum atomic E-state index is 0.207. The van der Waals surface area contributed by atoms with Gasteiger partial charge in [-0.15, -0.1) is 6.42 Å². The SMILES string of the molecule is C#CCOc1ccc2ccccc2c1/C=N/NCc1ccc(OC)c(OC)c1. The Morgan fingerprint density at radius 2 is 1.79 bits per heavy atom. The molecule has 0 fully saturated rings. The molecule has 0 saturated carbocycles. The summed E-state index contributed by atoms with van der Waals surface area (Å²) >= 11 is 0. The molecule has 0 heterocycles. The number of hydrogen-bond acceptors (Lipinski definition) is 5. The normalized spacial score (nSPS) is 10.6. The van der Waals surface area contributed by atoms with E-state index in [-0.39, 0.29) is 6.61 Å². The molecule has 0 aliphatic heterocycles. The van der Waals surface area contributed by atoms with Gasteiger partial charge in [-0.2, -0.15) is 5.10 Å². The number of terminal acetylenes is 1. The number of fused-ring (bicyclic) bond motifs is 1. The lowest BCUT2D eigenvalue weighted by molar-refractivity contribution is 0.354. The molecule has 1 N–H and O–H groups in total. The fourth-order valence-electron chi connectivity index (χ4n) is 2.89. The van der Waals surface area contributed by atoms with Crippen molar-refractivity contribution in [3.63, 3.8) is 0 Å². The zero-order valence-corrected chi connectivity index (χ0v) is 15.9. The van der Waals surface area contributed by atoms with E-state index in [1.807, 2.05) is 48.5 Å². The van der Waals surface area contributed by atoms with Crippen molar-refractivity contribution in [2.45, 2.75) is 6.54 Å². The summed E-state index contributed by atoms with van der Waals surface area (Å²) in [7, 11) is 3.23. The first-order chi connectivity index (χ1) is 13.8. The van der Waals surface area contributed by atoms with E-state index in [4.69, 9.17) is 20.6 Å². The van der Waals surface area contributed by atoms with Gasteiger partial charge in [0.15, 0.2) is 11.5 Å². The molecule has 5 nitrogen and oxygen atoms in total. The van der Waals surface area contributed by atoms with Crippen molar-refractivity contribution < 1.29 is 14.2 Å². The second kappa shape index (κ2) is 9.33. The zero-order chi connectivity index (χ0) is 19.8. The van der Waals surface area contributed by atoms with Crippen molar-refractivity contribution in [2.75, 3.05) is 20.8 Å². The molecule has 0 aliphatic carbocycles. The summed E-state index contributed by atoms with van der Waals surface area (Å²) in [6, 6.07) is 17.7. The van der Waals surface area contributed by atoms with Gasteiger partial charge < -0.3 is 19.6 Å². The Kier molecular flexibility index (Phi) is 6.37. The van der Waals surface area contributed by atoms with Crippen LogP contribution in [0, 0.1) is 12.3 Å². The number of ether oxygens (including phenoxy) is 3. The van der Waals surface area contributed by atoms with Crippen LogP contribution in [0.15, 0.2) is 59.7 Å². The number of benzene rings is 3. The van der Waals surface area contributed by atoms with Crippen molar-refractivity contribution in [2.24, 2.45) is 5.10 Å². The zero-order valence-electron chi connectivity index (χ0n) is 15.9. The second-order valence-electron chi connectivity index (χ2n) is 5.97. The smallest absolute Gasteiger partial charge is 0.161 e. The molecular weight excluding hydrogens is 352 g/mol. The Morgan fingerprint density at radius 3 is 2.57 bits per heavy atom. The minimum Gasteiger partial charge on any atom is -0.493 e. The van der Waals surface area contributed by atoms with E-state index >= 15 is 0 Å². The Balaban J connectivity index is 1.78. The molecule has 3 aromatic rings. The average molecular weight is 374 g/mol. The highest BCUT2D eigenvalue weighted by atomic mass is 16.5. The third-order valence-corrected chi connectivity index (χ3v) is 4.26. The molecule has 3 aromatic carbocycles. The lowest BCUT2D eigenvalue weighted by atomic mass is 10.0. The Labute approximate surface area is 164 Å². The van der Waals surface area contributed by atoms with Gasteiger partial charge in [0.05, 0.1) is 27.0 Å². The van der Waals surface area contributed by atoms with Crippen molar-refractivity contribution in [3.8, 4) is 29.6 Å². The third kappa shape index (κ3) is 4.36. The number of nitrogens with one attached hydrogen (secondary N) is 1. The van der Waals surface area contributed by atoms with Crippen LogP contribution in [0.2, 0.25) is 0 Å². The van der Waals surface area contributed by atoms with Crippen LogP contribution in [0.25, 0.3) is 10.8 Å². The van der Waals surface area contributed by atoms with E-state index in [0.29, 0.717) is 23.8 Å². The van der Waals surface area contributed by atoms with Gasteiger partial charge >= 0.3 is 0 Å². The molecule has 0 bridgehead atoms. The van der Waals surface area contributed by atoms with E-state index in [9.17, 15) is 0 Å². The minimum absolute atomic E-state index is 0.207. The Bertz CT molecular complexity index is 1020.